The van der Waals surface area contributed by atoms with Gasteiger partial charge in [0.05, 0.1) is 11.8 Å². The Labute approximate surface area is 155 Å². The highest BCUT2D eigenvalue weighted by molar-refractivity contribution is 6.03. The first-order chi connectivity index (χ1) is 12.8. The van der Waals surface area contributed by atoms with Crippen molar-refractivity contribution in [1.29, 1.82) is 0 Å². The molecule has 142 valence electrons. The Balaban J connectivity index is 2.07. The van der Waals surface area contributed by atoms with Gasteiger partial charge in [0.25, 0.3) is 11.8 Å². The molecule has 4 amide bonds. The molecule has 1 heterocycles. The van der Waals surface area contributed by atoms with Gasteiger partial charge in [0, 0.05) is 12.7 Å². The Morgan fingerprint density at radius 1 is 1.15 bits per heavy atom. The molecule has 0 aliphatic carbocycles. The van der Waals surface area contributed by atoms with E-state index in [0.29, 0.717) is 5.69 Å². The third kappa shape index (κ3) is 5.18. The van der Waals surface area contributed by atoms with Gasteiger partial charge in [-0.15, -0.1) is 0 Å². The first-order valence-corrected chi connectivity index (χ1v) is 8.01. The molecule has 1 aromatic carbocycles. The maximum atomic E-state index is 12.3. The van der Waals surface area contributed by atoms with Gasteiger partial charge in [0.15, 0.2) is 11.9 Å². The number of urea groups is 1. The summed E-state index contributed by atoms with van der Waals surface area (Å²) in [6.07, 6.45) is 0.193. The van der Waals surface area contributed by atoms with Gasteiger partial charge in [0.1, 0.15) is 0 Å². The smallest absolute Gasteiger partial charge is 0.338 e. The molecule has 1 atom stereocenters. The number of anilines is 1. The van der Waals surface area contributed by atoms with Crippen molar-refractivity contribution in [3.63, 3.8) is 0 Å². The number of nitrogens with one attached hydrogen (secondary N) is 3. The predicted molar refractivity (Wildman–Crippen MR) is 95.3 cm³/mol. The number of carbonyl (C=O) groups is 4. The zero-order valence-corrected chi connectivity index (χ0v) is 15.0. The molecule has 2 rings (SSSR count). The average molecular weight is 373 g/mol. The first-order valence-electron chi connectivity index (χ1n) is 8.01. The van der Waals surface area contributed by atoms with Crippen molar-refractivity contribution in [1.82, 2.24) is 10.6 Å². The molecule has 9 nitrogen and oxygen atoms in total. The summed E-state index contributed by atoms with van der Waals surface area (Å²) in [6.45, 7) is 3.09. The van der Waals surface area contributed by atoms with Crippen molar-refractivity contribution in [3.05, 3.63) is 53.5 Å². The largest absolute Gasteiger partial charge is 0.459 e. The van der Waals surface area contributed by atoms with Crippen LogP contribution in [0.5, 0.6) is 0 Å². The van der Waals surface area contributed by atoms with E-state index in [1.165, 1.54) is 38.4 Å². The molecular weight excluding hydrogens is 354 g/mol. The molecule has 2 aromatic rings. The third-order valence-electron chi connectivity index (χ3n) is 3.58. The molecule has 0 fully saturated rings. The normalized spacial score (nSPS) is 11.2. The topological polar surface area (TPSA) is 127 Å². The molecule has 3 N–H and O–H groups in total. The van der Waals surface area contributed by atoms with Gasteiger partial charge in [-0.25, -0.2) is 9.59 Å². The average Bonchev–Trinajstić information content (AvgIpc) is 3.17. The van der Waals surface area contributed by atoms with Crippen LogP contribution in [0, 0.1) is 6.92 Å². The van der Waals surface area contributed by atoms with Crippen LogP contribution in [0.2, 0.25) is 0 Å². The van der Waals surface area contributed by atoms with Crippen LogP contribution in [0.1, 0.15) is 33.4 Å². The van der Waals surface area contributed by atoms with Gasteiger partial charge < -0.3 is 19.8 Å². The third-order valence-corrected chi connectivity index (χ3v) is 3.58. The molecule has 0 saturated carbocycles. The fourth-order valence-corrected chi connectivity index (χ4v) is 2.03. The Bertz CT molecular complexity index is 860. The van der Waals surface area contributed by atoms with Crippen molar-refractivity contribution in [2.24, 2.45) is 0 Å². The molecule has 0 saturated heterocycles. The van der Waals surface area contributed by atoms with E-state index >= 15 is 0 Å². The van der Waals surface area contributed by atoms with Crippen LogP contribution >= 0.6 is 0 Å². The van der Waals surface area contributed by atoms with E-state index in [-0.39, 0.29) is 11.3 Å². The molecule has 1 unspecified atom stereocenters. The van der Waals surface area contributed by atoms with E-state index in [0.717, 1.165) is 5.56 Å². The van der Waals surface area contributed by atoms with E-state index in [2.05, 4.69) is 10.6 Å². The molecule has 0 bridgehead atoms. The van der Waals surface area contributed by atoms with Crippen LogP contribution in [0.3, 0.4) is 0 Å². The minimum Gasteiger partial charge on any atom is -0.459 e. The highest BCUT2D eigenvalue weighted by Gasteiger charge is 2.21. The standard InChI is InChI=1S/C18H19N3O6/c1-10-6-7-12(9-13(10)20-16(23)14-5-4-8-26-14)17(24)27-11(2)15(22)21-18(25)19-3/h4-9,11H,1-3H3,(H,20,23)(H2,19,21,22,25). The second-order valence-corrected chi connectivity index (χ2v) is 5.58. The molecule has 0 aliphatic heterocycles. The predicted octanol–water partition coefficient (Wildman–Crippen LogP) is 1.84. The molecule has 0 spiro atoms. The van der Waals surface area contributed by atoms with E-state index < -0.39 is 29.9 Å². The van der Waals surface area contributed by atoms with Gasteiger partial charge in [-0.3, -0.25) is 14.9 Å². The SMILES string of the molecule is CNC(=O)NC(=O)C(C)OC(=O)c1ccc(C)c(NC(=O)c2ccco2)c1. The maximum absolute atomic E-state index is 12.3. The zero-order valence-electron chi connectivity index (χ0n) is 15.0. The minimum absolute atomic E-state index is 0.127. The van der Waals surface area contributed by atoms with Crippen molar-refractivity contribution in [3.8, 4) is 0 Å². The summed E-state index contributed by atoms with van der Waals surface area (Å²) in [6, 6.07) is 6.95. The number of furan rings is 1. The number of esters is 1. The number of benzene rings is 1. The number of amides is 4. The summed E-state index contributed by atoms with van der Waals surface area (Å²) >= 11 is 0. The van der Waals surface area contributed by atoms with Crippen LogP contribution < -0.4 is 16.0 Å². The lowest BCUT2D eigenvalue weighted by atomic mass is 10.1. The quantitative estimate of drug-likeness (QED) is 0.687. The number of carbonyl (C=O) groups excluding carboxylic acids is 4. The number of imide groups is 1. The van der Waals surface area contributed by atoms with Crippen LogP contribution in [-0.4, -0.2) is 37.0 Å². The van der Waals surface area contributed by atoms with Crippen molar-refractivity contribution < 1.29 is 28.3 Å². The van der Waals surface area contributed by atoms with Gasteiger partial charge in [-0.1, -0.05) is 6.07 Å². The summed E-state index contributed by atoms with van der Waals surface area (Å²) in [5.74, 6) is -1.88. The summed E-state index contributed by atoms with van der Waals surface area (Å²) in [4.78, 5) is 47.2. The molecule has 0 radical (unpaired) electrons. The Morgan fingerprint density at radius 3 is 2.52 bits per heavy atom. The second kappa shape index (κ2) is 8.65. The lowest BCUT2D eigenvalue weighted by Crippen LogP contribution is -2.43. The Morgan fingerprint density at radius 2 is 1.89 bits per heavy atom. The van der Waals surface area contributed by atoms with Crippen LogP contribution in [0.4, 0.5) is 10.5 Å². The number of rotatable bonds is 5. The summed E-state index contributed by atoms with van der Waals surface area (Å²) < 4.78 is 10.1. The summed E-state index contributed by atoms with van der Waals surface area (Å²) in [7, 11) is 1.35. The molecule has 27 heavy (non-hydrogen) atoms. The molecule has 1 aromatic heterocycles. The highest BCUT2D eigenvalue weighted by Crippen LogP contribution is 2.19. The number of ether oxygens (including phenoxy) is 1. The number of hydrogen-bond donors (Lipinski definition) is 3. The van der Waals surface area contributed by atoms with E-state index in [1.807, 2.05) is 5.32 Å². The fraction of sp³-hybridized carbons (Fsp3) is 0.222. The lowest BCUT2D eigenvalue weighted by molar-refractivity contribution is -0.127. The summed E-state index contributed by atoms with van der Waals surface area (Å²) in [5, 5.41) is 6.88. The van der Waals surface area contributed by atoms with Crippen molar-refractivity contribution >= 4 is 29.5 Å². The van der Waals surface area contributed by atoms with Gasteiger partial charge in [-0.05, 0) is 43.7 Å². The summed E-state index contributed by atoms with van der Waals surface area (Å²) in [5.41, 5.74) is 1.25. The highest BCUT2D eigenvalue weighted by atomic mass is 16.5. The van der Waals surface area contributed by atoms with Crippen LogP contribution in [0.15, 0.2) is 41.0 Å². The van der Waals surface area contributed by atoms with Crippen molar-refractivity contribution in [2.45, 2.75) is 20.0 Å². The van der Waals surface area contributed by atoms with Crippen molar-refractivity contribution in [2.75, 3.05) is 12.4 Å². The molecule has 9 heteroatoms. The Kier molecular flexibility index (Phi) is 6.32. The van der Waals surface area contributed by atoms with Crippen LogP contribution in [-0.2, 0) is 9.53 Å². The molecular formula is C18H19N3O6. The maximum Gasteiger partial charge on any atom is 0.338 e. The first kappa shape index (κ1) is 19.7. The lowest BCUT2D eigenvalue weighted by Gasteiger charge is -2.14. The minimum atomic E-state index is -1.18. The van der Waals surface area contributed by atoms with Gasteiger partial charge >= 0.3 is 12.0 Å². The Hall–Kier alpha value is -3.62. The second-order valence-electron chi connectivity index (χ2n) is 5.58. The van der Waals surface area contributed by atoms with Gasteiger partial charge in [0.2, 0.25) is 0 Å². The van der Waals surface area contributed by atoms with E-state index in [9.17, 15) is 19.2 Å². The van der Waals surface area contributed by atoms with E-state index in [4.69, 9.17) is 9.15 Å². The fourth-order valence-electron chi connectivity index (χ4n) is 2.03. The molecule has 0 aliphatic rings. The monoisotopic (exact) mass is 373 g/mol. The number of hydrogen-bond acceptors (Lipinski definition) is 6. The van der Waals surface area contributed by atoms with E-state index in [1.54, 1.807) is 19.1 Å². The van der Waals surface area contributed by atoms with Gasteiger partial charge in [-0.2, -0.15) is 0 Å². The number of aryl methyl sites for hydroxylation is 1. The zero-order chi connectivity index (χ0) is 20.0. The van der Waals surface area contributed by atoms with Crippen LogP contribution in [0.25, 0.3) is 0 Å².